The average Bonchev–Trinajstić information content (AvgIpc) is 2.77. The molecular formula is C16H27ClN2O4. The van der Waals surface area contributed by atoms with Crippen molar-refractivity contribution in [2.24, 2.45) is 5.92 Å². The highest BCUT2D eigenvalue weighted by Crippen LogP contribution is 2.28. The smallest absolute Gasteiger partial charge is 0.410 e. The molecule has 1 unspecified atom stereocenters. The van der Waals surface area contributed by atoms with Gasteiger partial charge in [0.2, 0.25) is 5.91 Å². The fourth-order valence-corrected chi connectivity index (χ4v) is 3.26. The van der Waals surface area contributed by atoms with Crippen LogP contribution in [-0.4, -0.2) is 70.2 Å². The molecule has 1 atom stereocenters. The van der Waals surface area contributed by atoms with E-state index in [2.05, 4.69) is 0 Å². The lowest BCUT2D eigenvalue weighted by Gasteiger charge is -2.40. The molecular weight excluding hydrogens is 320 g/mol. The van der Waals surface area contributed by atoms with Crippen LogP contribution in [-0.2, 0) is 9.53 Å². The van der Waals surface area contributed by atoms with Gasteiger partial charge in [-0.25, -0.2) is 4.79 Å². The quantitative estimate of drug-likeness (QED) is 0.791. The predicted octanol–water partition coefficient (Wildman–Crippen LogP) is 1.84. The van der Waals surface area contributed by atoms with E-state index < -0.39 is 11.2 Å². The van der Waals surface area contributed by atoms with Crippen molar-refractivity contribution in [2.75, 3.05) is 32.1 Å². The van der Waals surface area contributed by atoms with Crippen LogP contribution in [0, 0.1) is 5.92 Å². The van der Waals surface area contributed by atoms with Crippen molar-refractivity contribution in [1.29, 1.82) is 0 Å². The summed E-state index contributed by atoms with van der Waals surface area (Å²) in [5, 5.41) is 10.7. The molecule has 0 saturated carbocycles. The van der Waals surface area contributed by atoms with Crippen LogP contribution in [0.15, 0.2) is 0 Å². The molecule has 2 heterocycles. The molecule has 7 heteroatoms. The summed E-state index contributed by atoms with van der Waals surface area (Å²) in [5.74, 6) is 0.695. The van der Waals surface area contributed by atoms with Crippen LogP contribution >= 0.6 is 11.6 Å². The number of aliphatic hydroxyl groups is 1. The molecule has 2 saturated heterocycles. The highest BCUT2D eigenvalue weighted by Gasteiger charge is 2.40. The number of likely N-dealkylation sites (tertiary alicyclic amines) is 2. The van der Waals surface area contributed by atoms with Gasteiger partial charge in [-0.15, -0.1) is 11.6 Å². The van der Waals surface area contributed by atoms with Gasteiger partial charge in [-0.2, -0.15) is 0 Å². The van der Waals surface area contributed by atoms with E-state index in [1.807, 2.05) is 20.8 Å². The number of piperidine rings is 1. The number of amides is 2. The van der Waals surface area contributed by atoms with Crippen LogP contribution in [0.5, 0.6) is 0 Å². The van der Waals surface area contributed by atoms with Gasteiger partial charge < -0.3 is 19.6 Å². The third-order valence-electron chi connectivity index (χ3n) is 4.34. The Kier molecular flexibility index (Phi) is 5.46. The highest BCUT2D eigenvalue weighted by molar-refractivity contribution is 6.18. The largest absolute Gasteiger partial charge is 0.444 e. The van der Waals surface area contributed by atoms with Crippen LogP contribution in [0.1, 0.15) is 40.0 Å². The molecule has 0 aliphatic carbocycles. The van der Waals surface area contributed by atoms with Gasteiger partial charge in [-0.1, -0.05) is 0 Å². The molecule has 6 nitrogen and oxygen atoms in total. The third-order valence-corrected chi connectivity index (χ3v) is 4.78. The van der Waals surface area contributed by atoms with E-state index in [-0.39, 0.29) is 17.9 Å². The minimum absolute atomic E-state index is 0.0543. The summed E-state index contributed by atoms with van der Waals surface area (Å²) < 4.78 is 5.35. The lowest BCUT2D eigenvalue weighted by Crippen LogP contribution is -2.53. The number of halogens is 1. The van der Waals surface area contributed by atoms with Crippen molar-refractivity contribution < 1.29 is 19.4 Å². The fraction of sp³-hybridized carbons (Fsp3) is 0.875. The molecule has 0 spiro atoms. The number of hydrogen-bond acceptors (Lipinski definition) is 4. The van der Waals surface area contributed by atoms with E-state index in [1.54, 1.807) is 9.80 Å². The number of rotatable bonds is 3. The average molecular weight is 347 g/mol. The summed E-state index contributed by atoms with van der Waals surface area (Å²) in [5.41, 5.74) is -1.46. The number of hydrogen-bond donors (Lipinski definition) is 1. The molecule has 1 N–H and O–H groups in total. The number of carbonyl (C=O) groups excluding carboxylic acids is 2. The molecule has 2 aliphatic heterocycles. The Balaban J connectivity index is 1.85. The molecule has 0 radical (unpaired) electrons. The van der Waals surface area contributed by atoms with Gasteiger partial charge in [-0.3, -0.25) is 4.79 Å². The van der Waals surface area contributed by atoms with Crippen molar-refractivity contribution in [3.05, 3.63) is 0 Å². The molecule has 2 rings (SSSR count). The number of nitrogens with zero attached hydrogens (tertiary/aromatic N) is 2. The Morgan fingerprint density at radius 2 is 2.00 bits per heavy atom. The molecule has 0 bridgehead atoms. The van der Waals surface area contributed by atoms with Crippen molar-refractivity contribution in [2.45, 2.75) is 51.2 Å². The summed E-state index contributed by atoms with van der Waals surface area (Å²) in [4.78, 5) is 27.3. The van der Waals surface area contributed by atoms with Crippen LogP contribution in [0.2, 0.25) is 0 Å². The van der Waals surface area contributed by atoms with E-state index in [0.29, 0.717) is 51.3 Å². The fourth-order valence-electron chi connectivity index (χ4n) is 3.06. The SMILES string of the molecule is CC(C)(C)OC(=O)N1CCC(O)(CN2CC(CCl)CC2=O)CC1. The first kappa shape index (κ1) is 18.3. The Morgan fingerprint density at radius 1 is 1.39 bits per heavy atom. The highest BCUT2D eigenvalue weighted by atomic mass is 35.5. The van der Waals surface area contributed by atoms with Crippen LogP contribution in [0.4, 0.5) is 4.79 Å². The zero-order valence-electron chi connectivity index (χ0n) is 14.2. The van der Waals surface area contributed by atoms with Crippen LogP contribution in [0.25, 0.3) is 0 Å². The van der Waals surface area contributed by atoms with Crippen LogP contribution < -0.4 is 0 Å². The van der Waals surface area contributed by atoms with E-state index in [4.69, 9.17) is 16.3 Å². The number of alkyl halides is 1. The molecule has 0 aromatic heterocycles. The van der Waals surface area contributed by atoms with Gasteiger partial charge in [0.25, 0.3) is 0 Å². The van der Waals surface area contributed by atoms with Gasteiger partial charge in [-0.05, 0) is 39.5 Å². The third kappa shape index (κ3) is 4.98. The standard InChI is InChI=1S/C16H27ClN2O4/c1-15(2,3)23-14(21)18-6-4-16(22,5-7-18)11-19-10-12(9-17)8-13(19)20/h12,22H,4-11H2,1-3H3. The second kappa shape index (κ2) is 6.85. The van der Waals surface area contributed by atoms with Gasteiger partial charge in [0.1, 0.15) is 5.60 Å². The van der Waals surface area contributed by atoms with E-state index in [9.17, 15) is 14.7 Å². The molecule has 23 heavy (non-hydrogen) atoms. The minimum Gasteiger partial charge on any atom is -0.444 e. The molecule has 132 valence electrons. The molecule has 0 aromatic carbocycles. The molecule has 2 amide bonds. The summed E-state index contributed by atoms with van der Waals surface area (Å²) in [6, 6.07) is 0. The van der Waals surface area contributed by atoms with Crippen molar-refractivity contribution in [3.8, 4) is 0 Å². The first-order valence-electron chi connectivity index (χ1n) is 8.16. The molecule has 0 aromatic rings. The number of β-amino-alcohol motifs (C(OH)–C–C–N with tert-alkyl or cyclic N) is 1. The second-order valence-corrected chi connectivity index (χ2v) is 8.00. The zero-order chi connectivity index (χ0) is 17.3. The summed E-state index contributed by atoms with van der Waals surface area (Å²) in [6.07, 6.45) is 1.01. The van der Waals surface area contributed by atoms with Crippen molar-refractivity contribution >= 4 is 23.6 Å². The lowest BCUT2D eigenvalue weighted by atomic mass is 9.91. The topological polar surface area (TPSA) is 70.1 Å². The zero-order valence-corrected chi connectivity index (χ0v) is 14.9. The maximum atomic E-state index is 12.0. The van der Waals surface area contributed by atoms with Gasteiger partial charge in [0.15, 0.2) is 0 Å². The Hall–Kier alpha value is -1.01. The van der Waals surface area contributed by atoms with Crippen LogP contribution in [0.3, 0.4) is 0 Å². The second-order valence-electron chi connectivity index (χ2n) is 7.69. The van der Waals surface area contributed by atoms with Gasteiger partial charge in [0, 0.05) is 38.5 Å². The normalized spacial score (nSPS) is 24.9. The summed E-state index contributed by atoms with van der Waals surface area (Å²) >= 11 is 5.82. The van der Waals surface area contributed by atoms with Gasteiger partial charge in [0.05, 0.1) is 5.60 Å². The Bertz CT molecular complexity index is 455. The molecule has 2 aliphatic rings. The first-order chi connectivity index (χ1) is 10.6. The number of ether oxygens (including phenoxy) is 1. The van der Waals surface area contributed by atoms with E-state index in [0.717, 1.165) is 0 Å². The minimum atomic E-state index is -0.935. The van der Waals surface area contributed by atoms with Crippen molar-refractivity contribution in [1.82, 2.24) is 9.80 Å². The Morgan fingerprint density at radius 3 is 2.48 bits per heavy atom. The van der Waals surface area contributed by atoms with E-state index in [1.165, 1.54) is 0 Å². The Labute approximate surface area is 142 Å². The maximum Gasteiger partial charge on any atom is 0.410 e. The lowest BCUT2D eigenvalue weighted by molar-refractivity contribution is -0.132. The first-order valence-corrected chi connectivity index (χ1v) is 8.69. The monoisotopic (exact) mass is 346 g/mol. The van der Waals surface area contributed by atoms with Crippen molar-refractivity contribution in [3.63, 3.8) is 0 Å². The maximum absolute atomic E-state index is 12.0. The van der Waals surface area contributed by atoms with E-state index >= 15 is 0 Å². The summed E-state index contributed by atoms with van der Waals surface area (Å²) in [6.45, 7) is 7.30. The van der Waals surface area contributed by atoms with Gasteiger partial charge >= 0.3 is 6.09 Å². The predicted molar refractivity (Wildman–Crippen MR) is 87.4 cm³/mol. The summed E-state index contributed by atoms with van der Waals surface area (Å²) in [7, 11) is 0. The number of carbonyl (C=O) groups is 2. The molecule has 2 fully saturated rings.